The van der Waals surface area contributed by atoms with Gasteiger partial charge in [-0.1, -0.05) is 56.4 Å². The fourth-order valence-electron chi connectivity index (χ4n) is 12.9. The van der Waals surface area contributed by atoms with Gasteiger partial charge in [0, 0.05) is 78.4 Å². The van der Waals surface area contributed by atoms with Gasteiger partial charge in [0.05, 0.1) is 59.7 Å². The highest BCUT2D eigenvalue weighted by Crippen LogP contribution is 2.66. The van der Waals surface area contributed by atoms with Crippen LogP contribution in [0.3, 0.4) is 0 Å². The van der Waals surface area contributed by atoms with E-state index in [4.69, 9.17) is 53.2 Å². The van der Waals surface area contributed by atoms with E-state index in [1.54, 1.807) is 53.2 Å². The molecule has 9 N–H and O–H groups in total. The number of carbonyl (C=O) groups excluding carboxylic acids is 3. The van der Waals surface area contributed by atoms with E-state index < -0.39 is 88.3 Å². The minimum absolute atomic E-state index is 0.00962. The van der Waals surface area contributed by atoms with Crippen LogP contribution in [0.1, 0.15) is 98.6 Å². The highest BCUT2D eigenvalue weighted by atomic mass is 32.2. The Morgan fingerprint density at radius 2 is 1.67 bits per heavy atom. The molecule has 10 rings (SSSR count). The maximum absolute atomic E-state index is 13.3. The molecule has 2 aromatic heterocycles. The number of nitrogens with zero attached hydrogens (tertiary/aromatic N) is 5. The van der Waals surface area contributed by atoms with Crippen molar-refractivity contribution in [1.82, 2.24) is 30.5 Å². The number of phosphoric acid groups is 3. The number of fused-ring (bicyclic) bond motifs is 8. The number of allylic oxidation sites excluding steroid dienone is 1. The molecule has 0 bridgehead atoms. The summed E-state index contributed by atoms with van der Waals surface area (Å²) in [6.07, 6.45) is 7.92. The number of nitrogens with two attached hydrogens (primary N) is 1. The molecule has 7 unspecified atom stereocenters. The van der Waals surface area contributed by atoms with Crippen molar-refractivity contribution in [1.29, 1.82) is 0 Å². The van der Waals surface area contributed by atoms with Crippen LogP contribution in [0.25, 0.3) is 17.1 Å². The zero-order valence-electron chi connectivity index (χ0n) is 55.2. The van der Waals surface area contributed by atoms with E-state index in [0.29, 0.717) is 60.6 Å². The smallest absolute Gasteiger partial charge is 0.490 e. The molecule has 7 atom stereocenters. The lowest BCUT2D eigenvalue weighted by Gasteiger charge is -2.40. The van der Waals surface area contributed by atoms with Gasteiger partial charge in [-0.25, -0.2) is 32.1 Å². The number of hydrogen-bond acceptors (Lipinski definition) is 23. The van der Waals surface area contributed by atoms with E-state index in [9.17, 15) is 50.8 Å². The largest absolute Gasteiger partial charge is 0.744 e. The lowest BCUT2D eigenvalue weighted by atomic mass is 9.72. The molecule has 3 aromatic carbocycles. The monoisotopic (exact) mass is 1470 g/mol. The van der Waals surface area contributed by atoms with Gasteiger partial charge in [0.1, 0.15) is 66.0 Å². The van der Waals surface area contributed by atoms with Crippen molar-refractivity contribution in [2.24, 2.45) is 0 Å². The third kappa shape index (κ3) is 18.0. The number of nitrogen functional groups attached to an aromatic ring is 1. The van der Waals surface area contributed by atoms with Crippen LogP contribution in [0.2, 0.25) is 0 Å². The Bertz CT molecular complexity index is 4310. The van der Waals surface area contributed by atoms with Crippen molar-refractivity contribution in [3.63, 3.8) is 0 Å². The maximum atomic E-state index is 13.3. The van der Waals surface area contributed by atoms with Gasteiger partial charge in [0.25, 0.3) is 12.6 Å². The SMILES string of the molecule is C=CCOCOC1CC(n2cc(/C=C/CNC(=O)COC(COc3cccc(C(=O)NCCCCCNC(=O)Cc4ccc5c(c4)C(C)(C)C4=C6C7=[N+](COC6CCN45)c4ccc(S(=O)(=O)[O-])cc4C7(C)C)c3)OCC=C)c3c(N)ncnc32)OC1COP(=O)(O)OP(=O)(O)OP(=O)(O)O. The van der Waals surface area contributed by atoms with Crippen molar-refractivity contribution >= 4 is 91.3 Å². The first-order valence-electron chi connectivity index (χ1n) is 31.8. The predicted octanol–water partition coefficient (Wildman–Crippen LogP) is 6.29. The third-order valence-corrected chi connectivity index (χ3v) is 21.9. The van der Waals surface area contributed by atoms with Crippen LogP contribution in [-0.2, 0) is 92.2 Å². The molecule has 5 aromatic rings. The molecule has 1 saturated heterocycles. The lowest BCUT2D eigenvalue weighted by molar-refractivity contribution is -0.500. The minimum atomic E-state index is -5.80. The highest BCUT2D eigenvalue weighted by molar-refractivity contribution is 7.85. The molecule has 0 radical (unpaired) electrons. The van der Waals surface area contributed by atoms with Crippen molar-refractivity contribution in [3.8, 4) is 5.75 Å². The number of unbranched alkanes of at least 4 members (excludes halogenated alkanes) is 2. The number of amides is 3. The van der Waals surface area contributed by atoms with Crippen LogP contribution in [0.5, 0.6) is 5.75 Å². The van der Waals surface area contributed by atoms with Gasteiger partial charge in [0.2, 0.25) is 23.2 Å². The standard InChI is InChI=1S/C64H80N9O23P3S/c1-7-26-87-39-92-50-32-54(94-51(50)34-93-98(80,81)96-99(82,83)95-97(77,78)79)72-33-42(56-60(65)69-37-70-61(56)72)15-13-24-67-53(75)35-90-55(88-27-8-2)36-89-43-16-12-14-41(30-43)62(76)68-23-11-9-10-22-66-52(74)29-40-17-19-47-45(28-40)63(3,4)58-57-49(21-25-71(47)58)91-38-73-48-20-18-44(100(84,85)86)31-46(48)64(5,6)59(57)73/h7-8,12-20,28,30-31,33,37,49-51,54-55H,1-2,9-11,21-27,29,32,34-36,38-39H2,3-6H3,(H9-,65,66,67,68,69,70,74,75,76,77,78,79,80,81,82,83,84,85,86)/b15-13+. The molecule has 5 aliphatic heterocycles. The van der Waals surface area contributed by atoms with Crippen molar-refractivity contribution < 1.29 is 112 Å². The van der Waals surface area contributed by atoms with Crippen LogP contribution in [0.4, 0.5) is 17.2 Å². The van der Waals surface area contributed by atoms with Gasteiger partial charge in [0.15, 0.2) is 6.29 Å². The Morgan fingerprint density at radius 1 is 0.900 bits per heavy atom. The van der Waals surface area contributed by atoms with Gasteiger partial charge in [-0.3, -0.25) is 18.9 Å². The minimum Gasteiger partial charge on any atom is -0.744 e. The summed E-state index contributed by atoms with van der Waals surface area (Å²) in [5, 5.41) is 9.10. The zero-order chi connectivity index (χ0) is 72.0. The molecule has 32 nitrogen and oxygen atoms in total. The average molecular weight is 1470 g/mol. The van der Waals surface area contributed by atoms with Gasteiger partial charge >= 0.3 is 23.5 Å². The Hall–Kier alpha value is -7.20. The summed E-state index contributed by atoms with van der Waals surface area (Å²) in [5.41, 5.74) is 14.2. The molecular formula is C64H80N9O23P3S. The first kappa shape index (κ1) is 75.5. The number of carbonyl (C=O) groups is 3. The summed E-state index contributed by atoms with van der Waals surface area (Å²) < 4.78 is 129. The molecule has 540 valence electrons. The molecule has 36 heteroatoms. The van der Waals surface area contributed by atoms with Crippen LogP contribution < -0.4 is 31.3 Å². The second-order valence-corrected chi connectivity index (χ2v) is 30.7. The first-order chi connectivity index (χ1) is 47.4. The summed E-state index contributed by atoms with van der Waals surface area (Å²) in [5.74, 6) is -0.507. The predicted molar refractivity (Wildman–Crippen MR) is 359 cm³/mol. The van der Waals surface area contributed by atoms with E-state index in [0.717, 1.165) is 64.4 Å². The van der Waals surface area contributed by atoms with E-state index in [-0.39, 0.29) is 74.6 Å². The summed E-state index contributed by atoms with van der Waals surface area (Å²) in [6, 6.07) is 17.3. The van der Waals surface area contributed by atoms with Crippen molar-refractivity contribution in [2.75, 3.05) is 83.4 Å². The lowest BCUT2D eigenvalue weighted by Crippen LogP contribution is -2.48. The molecule has 0 saturated carbocycles. The summed E-state index contributed by atoms with van der Waals surface area (Å²) in [6.45, 7) is 16.1. The van der Waals surface area contributed by atoms with Gasteiger partial charge < -0.3 is 88.4 Å². The number of ether oxygens (including phenoxy) is 7. The number of benzene rings is 3. The summed E-state index contributed by atoms with van der Waals surface area (Å²) in [7, 11) is -21.6. The van der Waals surface area contributed by atoms with E-state index in [1.165, 1.54) is 30.6 Å². The van der Waals surface area contributed by atoms with E-state index >= 15 is 0 Å². The molecule has 0 spiro atoms. The van der Waals surface area contributed by atoms with Crippen LogP contribution in [0.15, 0.2) is 121 Å². The number of rotatable bonds is 35. The number of aromatic nitrogens is 3. The highest BCUT2D eigenvalue weighted by Gasteiger charge is 2.57. The topological polar surface area (TPSA) is 432 Å². The van der Waals surface area contributed by atoms with Crippen molar-refractivity contribution in [3.05, 3.63) is 144 Å². The second kappa shape index (κ2) is 31.6. The maximum Gasteiger partial charge on any atom is 0.490 e. The zero-order valence-corrected chi connectivity index (χ0v) is 58.7. The third-order valence-electron chi connectivity index (χ3n) is 17.2. The Labute approximate surface area is 576 Å². The fourth-order valence-corrected chi connectivity index (χ4v) is 16.4. The second-order valence-electron chi connectivity index (χ2n) is 24.9. The van der Waals surface area contributed by atoms with Crippen LogP contribution in [-0.4, -0.2) is 172 Å². The molecule has 0 aliphatic carbocycles. The molecule has 1 fully saturated rings. The quantitative estimate of drug-likeness (QED) is 0.00551. The summed E-state index contributed by atoms with van der Waals surface area (Å²) in [4.78, 5) is 87.7. The summed E-state index contributed by atoms with van der Waals surface area (Å²) >= 11 is 0. The molecule has 100 heavy (non-hydrogen) atoms. The number of phosphoric ester groups is 1. The Balaban J connectivity index is 0.651. The molecule has 7 heterocycles. The van der Waals surface area contributed by atoms with Crippen molar-refractivity contribution in [2.45, 2.75) is 113 Å². The van der Waals surface area contributed by atoms with Crippen LogP contribution in [0, 0.1) is 0 Å². The number of hydrogen-bond donors (Lipinski definition) is 8. The molecular weight excluding hydrogens is 1390 g/mol. The number of nitrogens with one attached hydrogen (secondary N) is 3. The van der Waals surface area contributed by atoms with E-state index in [2.05, 4.69) is 97.0 Å². The van der Waals surface area contributed by atoms with Crippen LogP contribution >= 0.6 is 23.5 Å². The Kier molecular flexibility index (Phi) is 23.8. The average Bonchev–Trinajstić information content (AvgIpc) is 1.53. The molecule has 3 amide bonds. The normalized spacial score (nSPS) is 20.6. The van der Waals surface area contributed by atoms with Gasteiger partial charge in [-0.15, -0.1) is 13.2 Å². The fraction of sp³-hybridized carbons (Fsp3) is 0.438. The van der Waals surface area contributed by atoms with Gasteiger partial charge in [-0.2, -0.15) is 13.2 Å². The van der Waals surface area contributed by atoms with E-state index in [1.807, 2.05) is 6.07 Å². The van der Waals surface area contributed by atoms with Gasteiger partial charge in [-0.05, 0) is 87.1 Å². The molecule has 5 aliphatic rings. The first-order valence-corrected chi connectivity index (χ1v) is 37.7. The number of anilines is 2. The Morgan fingerprint density at radius 3 is 2.42 bits per heavy atom.